The number of amides is 1. The number of rotatable bonds is 12. The molecular formula is C45H43F4IN10O9S2. The summed E-state index contributed by atoms with van der Waals surface area (Å²) in [6.45, 7) is 2.92. The van der Waals surface area contributed by atoms with Gasteiger partial charge < -0.3 is 26.2 Å². The maximum Gasteiger partial charge on any atom is 0.446 e. The Hall–Kier alpha value is -6.17. The quantitative estimate of drug-likeness (QED) is 0.0488. The van der Waals surface area contributed by atoms with Crippen LogP contribution in [0.5, 0.6) is 0 Å². The molecule has 0 radical (unpaired) electrons. The molecule has 0 saturated heterocycles. The van der Waals surface area contributed by atoms with Crippen LogP contribution in [-0.4, -0.2) is 89.7 Å². The van der Waals surface area contributed by atoms with Gasteiger partial charge in [-0.2, -0.15) is 35.9 Å². The Balaban J connectivity index is 0.000000191. The second kappa shape index (κ2) is 20.1. The molecule has 4 aromatic heterocycles. The van der Waals surface area contributed by atoms with E-state index in [-0.39, 0.29) is 63.0 Å². The van der Waals surface area contributed by atoms with Crippen LogP contribution in [0.1, 0.15) is 37.8 Å². The average molecular weight is 1130 g/mol. The number of aryl methyl sites for hydroxylation is 1. The van der Waals surface area contributed by atoms with E-state index in [1.165, 1.54) is 68.7 Å². The van der Waals surface area contributed by atoms with E-state index in [0.29, 0.717) is 50.5 Å². The van der Waals surface area contributed by atoms with Gasteiger partial charge in [0.2, 0.25) is 5.91 Å². The van der Waals surface area contributed by atoms with Gasteiger partial charge in [0.1, 0.15) is 28.9 Å². The van der Waals surface area contributed by atoms with Gasteiger partial charge in [-0.15, -0.1) is 0 Å². The SMILES string of the molecule is CC(=O)Nc1cccc(-n2c(=O)n(C3CC3)c(=O)c3c(Nc4ccc(I)cc4F)n(C)c(=O)c(C)c32)c1.COS(=O)(=O)NC1CC(Nc2ccnc3cc(-c4cccc(SC(F)(F)F)c4)nn23)C(O)C1O. The van der Waals surface area contributed by atoms with E-state index in [0.717, 1.165) is 7.11 Å². The molecule has 19 nitrogen and oxygen atoms in total. The van der Waals surface area contributed by atoms with Gasteiger partial charge in [-0.3, -0.25) is 32.3 Å². The van der Waals surface area contributed by atoms with Crippen LogP contribution in [-0.2, 0) is 26.3 Å². The molecule has 2 saturated carbocycles. The van der Waals surface area contributed by atoms with E-state index in [4.69, 9.17) is 0 Å². The van der Waals surface area contributed by atoms with Gasteiger partial charge >= 0.3 is 21.5 Å². The molecule has 2 aliphatic carbocycles. The number of aliphatic hydroxyl groups excluding tert-OH is 2. The minimum atomic E-state index is -4.42. The zero-order chi connectivity index (χ0) is 51.3. The zero-order valence-electron chi connectivity index (χ0n) is 37.7. The maximum atomic E-state index is 14.8. The van der Waals surface area contributed by atoms with Crippen LogP contribution in [0.4, 0.5) is 40.6 Å². The fraction of sp³-hybridized carbons (Fsp3) is 0.289. The van der Waals surface area contributed by atoms with E-state index in [1.54, 1.807) is 55.5 Å². The molecule has 6 N–H and O–H groups in total. The predicted octanol–water partition coefficient (Wildman–Crippen LogP) is 5.70. The van der Waals surface area contributed by atoms with Crippen LogP contribution in [0.25, 0.3) is 33.5 Å². The number of hydrogen-bond acceptors (Lipinski definition) is 14. The number of benzene rings is 3. The molecule has 0 bridgehead atoms. The summed E-state index contributed by atoms with van der Waals surface area (Å²) >= 11 is 1.77. The molecule has 9 rings (SSSR count). The zero-order valence-corrected chi connectivity index (χ0v) is 41.5. The predicted molar refractivity (Wildman–Crippen MR) is 266 cm³/mol. The van der Waals surface area contributed by atoms with Gasteiger partial charge in [-0.25, -0.2) is 14.2 Å². The molecule has 71 heavy (non-hydrogen) atoms. The summed E-state index contributed by atoms with van der Waals surface area (Å²) in [5, 5.41) is 33.8. The Morgan fingerprint density at radius 1 is 0.958 bits per heavy atom. The molecule has 4 heterocycles. The van der Waals surface area contributed by atoms with E-state index >= 15 is 0 Å². The second-order valence-corrected chi connectivity index (χ2v) is 20.4. The Morgan fingerprint density at radius 3 is 2.35 bits per heavy atom. The number of halogens is 5. The summed E-state index contributed by atoms with van der Waals surface area (Å²) < 4.78 is 88.7. The number of aromatic nitrogens is 6. The number of alkyl halides is 3. The Morgan fingerprint density at radius 2 is 1.68 bits per heavy atom. The molecule has 7 aromatic rings. The normalized spacial score (nSPS) is 18.1. The molecule has 4 unspecified atom stereocenters. The third-order valence-electron chi connectivity index (χ3n) is 11.6. The number of carbonyl (C=O) groups is 1. The first-order valence-corrected chi connectivity index (χ1v) is 24.8. The highest BCUT2D eigenvalue weighted by atomic mass is 127. The van der Waals surface area contributed by atoms with Crippen molar-refractivity contribution in [2.24, 2.45) is 7.05 Å². The number of anilines is 4. The average Bonchev–Trinajstić information content (AvgIpc) is 3.98. The van der Waals surface area contributed by atoms with Crippen LogP contribution in [0, 0.1) is 16.3 Å². The smallest absolute Gasteiger partial charge is 0.389 e. The largest absolute Gasteiger partial charge is 0.446 e. The third kappa shape index (κ3) is 11.0. The van der Waals surface area contributed by atoms with E-state index < -0.39 is 62.7 Å². The van der Waals surface area contributed by atoms with Crippen molar-refractivity contribution >= 4 is 90.1 Å². The first-order chi connectivity index (χ1) is 33.5. The summed E-state index contributed by atoms with van der Waals surface area (Å²) in [6, 6.07) is 18.2. The van der Waals surface area contributed by atoms with Gasteiger partial charge in [-0.05, 0) is 115 Å². The van der Waals surface area contributed by atoms with Gasteiger partial charge in [0.25, 0.3) is 11.1 Å². The summed E-state index contributed by atoms with van der Waals surface area (Å²) in [7, 11) is -1.62. The number of hydrogen-bond donors (Lipinski definition) is 6. The second-order valence-electron chi connectivity index (χ2n) is 16.6. The highest BCUT2D eigenvalue weighted by Gasteiger charge is 2.43. The summed E-state index contributed by atoms with van der Waals surface area (Å²) in [6.07, 6.45) is 0.167. The van der Waals surface area contributed by atoms with E-state index in [9.17, 15) is 55.4 Å². The number of nitrogens with one attached hydrogen (secondary N) is 4. The fourth-order valence-electron chi connectivity index (χ4n) is 8.21. The maximum absolute atomic E-state index is 14.8. The summed E-state index contributed by atoms with van der Waals surface area (Å²) in [4.78, 5) is 56.8. The monoisotopic (exact) mass is 1130 g/mol. The number of nitrogens with zero attached hydrogens (tertiary/aromatic N) is 6. The van der Waals surface area contributed by atoms with E-state index in [1.807, 2.05) is 22.6 Å². The number of pyridine rings is 1. The molecule has 1 amide bonds. The van der Waals surface area contributed by atoms with Gasteiger partial charge in [0.15, 0.2) is 5.65 Å². The van der Waals surface area contributed by atoms with Crippen LogP contribution in [0.15, 0.2) is 104 Å². The minimum Gasteiger partial charge on any atom is -0.389 e. The van der Waals surface area contributed by atoms with Crippen molar-refractivity contribution in [2.75, 3.05) is 23.1 Å². The highest BCUT2D eigenvalue weighted by Crippen LogP contribution is 2.39. The van der Waals surface area contributed by atoms with Crippen LogP contribution in [0.2, 0.25) is 0 Å². The number of aliphatic hydroxyl groups is 2. The van der Waals surface area contributed by atoms with Crippen LogP contribution in [0.3, 0.4) is 0 Å². The number of fused-ring (bicyclic) bond motifs is 2. The molecule has 3 aromatic carbocycles. The van der Waals surface area contributed by atoms with E-state index in [2.05, 4.69) is 34.9 Å². The van der Waals surface area contributed by atoms with Crippen molar-refractivity contribution in [3.8, 4) is 16.9 Å². The van der Waals surface area contributed by atoms with Crippen LogP contribution >= 0.6 is 34.4 Å². The van der Waals surface area contributed by atoms with Gasteiger partial charge in [-0.1, -0.05) is 18.2 Å². The molecular weight excluding hydrogens is 1090 g/mol. The lowest BCUT2D eigenvalue weighted by Crippen LogP contribution is -2.43. The summed E-state index contributed by atoms with van der Waals surface area (Å²) in [5.41, 5.74) is -3.55. The third-order valence-corrected chi connectivity index (χ3v) is 14.0. The van der Waals surface area contributed by atoms with Gasteiger partial charge in [0, 0.05) is 57.6 Å². The van der Waals surface area contributed by atoms with Crippen molar-refractivity contribution in [3.05, 3.63) is 131 Å². The summed E-state index contributed by atoms with van der Waals surface area (Å²) in [5.74, 6) is -0.374. The number of thioether (sulfide) groups is 1. The first kappa shape index (κ1) is 51.2. The van der Waals surface area contributed by atoms with Crippen molar-refractivity contribution in [1.29, 1.82) is 0 Å². The molecule has 374 valence electrons. The highest BCUT2D eigenvalue weighted by molar-refractivity contribution is 14.1. The number of carbonyl (C=O) groups excluding carboxylic acids is 1. The van der Waals surface area contributed by atoms with Crippen molar-refractivity contribution < 1.29 is 45.2 Å². The van der Waals surface area contributed by atoms with Crippen molar-refractivity contribution in [3.63, 3.8) is 0 Å². The fourth-order valence-corrected chi connectivity index (χ4v) is 9.97. The standard InChI is InChI=1S/C26H23FIN5O4.C19H20F3N5O5S2/c1-13-22-21(23(31(3)24(13)35)30-20-10-7-15(28)11-19(20)27)25(36)33(17-8-9-17)26(37)32(22)18-6-4-5-16(12-18)29-14(2)34;1-32-34(30,31)26-14-8-13(17(28)18(14)29)24-15-5-6-23-16-9-12(25-27(15)16)10-3-2-4-11(7-10)33-19(20,21)22/h4-7,10-12,17,30H,8-9H2,1-3H3,(H,29,34);2-7,9,13-14,17-18,24,26,28-29H,8H2,1H3. The molecule has 4 atom stereocenters. The lowest BCUT2D eigenvalue weighted by atomic mass is 10.1. The topological polar surface area (TPSA) is 245 Å². The van der Waals surface area contributed by atoms with Crippen LogP contribution < -0.4 is 37.5 Å². The molecule has 26 heteroatoms. The molecule has 0 aliphatic heterocycles. The molecule has 2 fully saturated rings. The minimum absolute atomic E-state index is 0.0148. The Kier molecular flexibility index (Phi) is 14.5. The van der Waals surface area contributed by atoms with Crippen molar-refractivity contribution in [2.45, 2.75) is 73.8 Å². The Bertz CT molecular complexity index is 3530. The molecule has 2 aliphatic rings. The molecule has 0 spiro atoms. The van der Waals surface area contributed by atoms with Gasteiger partial charge in [0.05, 0.1) is 47.9 Å². The lowest BCUT2D eigenvalue weighted by molar-refractivity contribution is -0.114. The lowest BCUT2D eigenvalue weighted by Gasteiger charge is -2.21. The first-order valence-electron chi connectivity index (χ1n) is 21.5. The Labute approximate surface area is 418 Å². The van der Waals surface area contributed by atoms with Crippen molar-refractivity contribution in [1.82, 2.24) is 33.0 Å².